The third kappa shape index (κ3) is 4.67. The van der Waals surface area contributed by atoms with E-state index in [2.05, 4.69) is 15.1 Å². The Hall–Kier alpha value is -2.19. The van der Waals surface area contributed by atoms with Crippen LogP contribution in [0.15, 0.2) is 41.6 Å². The molecule has 0 spiro atoms. The Morgan fingerprint density at radius 1 is 1.36 bits per heavy atom. The highest BCUT2D eigenvalue weighted by Gasteiger charge is 2.28. The van der Waals surface area contributed by atoms with Gasteiger partial charge in [0.1, 0.15) is 0 Å². The number of hydrogen-bond donors (Lipinski definition) is 2. The first-order valence-electron chi connectivity index (χ1n) is 8.34. The number of nitrogens with one attached hydrogen (secondary N) is 2. The Labute approximate surface area is 147 Å². The molecule has 0 atom stereocenters. The Morgan fingerprint density at radius 3 is 2.84 bits per heavy atom. The number of rotatable bonds is 8. The van der Waals surface area contributed by atoms with E-state index in [1.807, 2.05) is 12.3 Å². The third-order valence-electron chi connectivity index (χ3n) is 4.07. The highest BCUT2D eigenvalue weighted by atomic mass is 32.2. The van der Waals surface area contributed by atoms with Crippen molar-refractivity contribution in [3.8, 4) is 0 Å². The molecule has 1 heterocycles. The van der Waals surface area contributed by atoms with Gasteiger partial charge in [-0.05, 0) is 49.9 Å². The van der Waals surface area contributed by atoms with Gasteiger partial charge in [0.05, 0.1) is 4.90 Å². The summed E-state index contributed by atoms with van der Waals surface area (Å²) in [7, 11) is -3.57. The van der Waals surface area contributed by atoms with Gasteiger partial charge in [-0.2, -0.15) is 5.10 Å². The van der Waals surface area contributed by atoms with Crippen LogP contribution in [0.1, 0.15) is 35.2 Å². The molecule has 1 aromatic carbocycles. The van der Waals surface area contributed by atoms with E-state index in [0.29, 0.717) is 18.7 Å². The van der Waals surface area contributed by atoms with E-state index in [1.165, 1.54) is 12.1 Å². The predicted molar refractivity (Wildman–Crippen MR) is 93.7 cm³/mol. The molecular weight excluding hydrogens is 340 g/mol. The number of carbonyl (C=O) groups is 1. The summed E-state index contributed by atoms with van der Waals surface area (Å²) in [6.07, 6.45) is 6.06. The van der Waals surface area contributed by atoms with E-state index in [9.17, 15) is 13.2 Å². The summed E-state index contributed by atoms with van der Waals surface area (Å²) in [5, 5.41) is 6.94. The Balaban J connectivity index is 1.62. The van der Waals surface area contributed by atoms with Gasteiger partial charge in [0.15, 0.2) is 0 Å². The summed E-state index contributed by atoms with van der Waals surface area (Å²) in [5.41, 5.74) is 1.13. The quantitative estimate of drug-likeness (QED) is 0.695. The molecule has 7 nitrogen and oxygen atoms in total. The molecule has 0 saturated heterocycles. The molecule has 2 aromatic rings. The summed E-state index contributed by atoms with van der Waals surface area (Å²) in [6.45, 7) is 3.00. The number of aryl methyl sites for hydroxylation is 2. The molecule has 134 valence electrons. The molecule has 0 bridgehead atoms. The highest BCUT2D eigenvalue weighted by Crippen LogP contribution is 2.23. The Bertz CT molecular complexity index is 843. The van der Waals surface area contributed by atoms with Gasteiger partial charge in [0.25, 0.3) is 5.91 Å². The lowest BCUT2D eigenvalue weighted by atomic mass is 10.1. The first kappa shape index (κ1) is 17.6. The summed E-state index contributed by atoms with van der Waals surface area (Å²) in [6, 6.07) is 6.53. The fourth-order valence-corrected chi connectivity index (χ4v) is 3.80. The Morgan fingerprint density at radius 2 is 2.16 bits per heavy atom. The van der Waals surface area contributed by atoms with E-state index in [-0.39, 0.29) is 16.8 Å². The molecule has 0 radical (unpaired) electrons. The second-order valence-electron chi connectivity index (χ2n) is 6.25. The van der Waals surface area contributed by atoms with Crippen molar-refractivity contribution in [2.75, 3.05) is 6.54 Å². The van der Waals surface area contributed by atoms with Crippen molar-refractivity contribution in [3.05, 3.63) is 47.8 Å². The van der Waals surface area contributed by atoms with Crippen molar-refractivity contribution >= 4 is 15.9 Å². The molecule has 1 saturated carbocycles. The Kier molecular flexibility index (Phi) is 5.19. The molecule has 1 amide bonds. The molecule has 1 aliphatic carbocycles. The minimum atomic E-state index is -3.57. The molecule has 1 aromatic heterocycles. The van der Waals surface area contributed by atoms with Gasteiger partial charge in [-0.1, -0.05) is 6.07 Å². The second-order valence-corrected chi connectivity index (χ2v) is 7.96. The SMILES string of the molecule is Cc1ccc(S(=O)(=O)NC2CC2)cc1C(=O)NCCCn1cccn1. The van der Waals surface area contributed by atoms with Crippen LogP contribution in [0.5, 0.6) is 0 Å². The first-order chi connectivity index (χ1) is 12.0. The number of hydrogen-bond acceptors (Lipinski definition) is 4. The minimum Gasteiger partial charge on any atom is -0.352 e. The third-order valence-corrected chi connectivity index (χ3v) is 5.59. The molecule has 25 heavy (non-hydrogen) atoms. The van der Waals surface area contributed by atoms with Crippen LogP contribution < -0.4 is 10.0 Å². The van der Waals surface area contributed by atoms with Gasteiger partial charge < -0.3 is 5.32 Å². The number of nitrogens with zero attached hydrogens (tertiary/aromatic N) is 2. The maximum Gasteiger partial charge on any atom is 0.251 e. The molecule has 1 fully saturated rings. The van der Waals surface area contributed by atoms with Gasteiger partial charge >= 0.3 is 0 Å². The van der Waals surface area contributed by atoms with Crippen LogP contribution in [0, 0.1) is 6.92 Å². The molecule has 8 heteroatoms. The fourth-order valence-electron chi connectivity index (χ4n) is 2.47. The lowest BCUT2D eigenvalue weighted by Crippen LogP contribution is -2.28. The predicted octanol–water partition coefficient (Wildman–Crippen LogP) is 1.45. The molecule has 1 aliphatic rings. The van der Waals surface area contributed by atoms with E-state index in [4.69, 9.17) is 0 Å². The van der Waals surface area contributed by atoms with Crippen molar-refractivity contribution in [1.82, 2.24) is 19.8 Å². The van der Waals surface area contributed by atoms with Crippen molar-refractivity contribution in [2.45, 2.75) is 43.7 Å². The second kappa shape index (κ2) is 7.37. The van der Waals surface area contributed by atoms with E-state index in [0.717, 1.165) is 24.8 Å². The molecule has 0 unspecified atom stereocenters. The topological polar surface area (TPSA) is 93.1 Å². The number of sulfonamides is 1. The molecule has 0 aliphatic heterocycles. The van der Waals surface area contributed by atoms with Gasteiger partial charge in [-0.3, -0.25) is 9.48 Å². The van der Waals surface area contributed by atoms with Crippen molar-refractivity contribution < 1.29 is 13.2 Å². The average Bonchev–Trinajstić information content (AvgIpc) is 3.22. The van der Waals surface area contributed by atoms with Gasteiger partial charge in [0, 0.05) is 37.1 Å². The molecule has 3 rings (SSSR count). The smallest absolute Gasteiger partial charge is 0.251 e. The lowest BCUT2D eigenvalue weighted by molar-refractivity contribution is 0.0952. The number of benzene rings is 1. The zero-order valence-electron chi connectivity index (χ0n) is 14.1. The summed E-state index contributed by atoms with van der Waals surface area (Å²) < 4.78 is 29.0. The number of amides is 1. The summed E-state index contributed by atoms with van der Waals surface area (Å²) >= 11 is 0. The van der Waals surface area contributed by atoms with E-state index >= 15 is 0 Å². The average molecular weight is 362 g/mol. The van der Waals surface area contributed by atoms with Crippen LogP contribution in [0.25, 0.3) is 0 Å². The van der Waals surface area contributed by atoms with Crippen LogP contribution in [0.3, 0.4) is 0 Å². The van der Waals surface area contributed by atoms with Crippen LogP contribution in [0.4, 0.5) is 0 Å². The minimum absolute atomic E-state index is 0.0332. The fraction of sp³-hybridized carbons (Fsp3) is 0.412. The van der Waals surface area contributed by atoms with Crippen molar-refractivity contribution in [3.63, 3.8) is 0 Å². The maximum absolute atomic E-state index is 12.4. The lowest BCUT2D eigenvalue weighted by Gasteiger charge is -2.11. The standard InChI is InChI=1S/C17H22N4O3S/c1-13-4-7-15(25(23,24)20-14-5-6-14)12-16(13)17(22)18-8-2-10-21-11-3-9-19-21/h3-4,7,9,11-12,14,20H,2,5-6,8,10H2,1H3,(H,18,22). The largest absolute Gasteiger partial charge is 0.352 e. The van der Waals surface area contributed by atoms with Crippen LogP contribution in [-0.4, -0.2) is 36.7 Å². The van der Waals surface area contributed by atoms with Gasteiger partial charge in [-0.25, -0.2) is 13.1 Å². The van der Waals surface area contributed by atoms with Crippen LogP contribution >= 0.6 is 0 Å². The maximum atomic E-state index is 12.4. The van der Waals surface area contributed by atoms with Crippen LogP contribution in [0.2, 0.25) is 0 Å². The number of aromatic nitrogens is 2. The van der Waals surface area contributed by atoms with E-state index < -0.39 is 10.0 Å². The van der Waals surface area contributed by atoms with Gasteiger partial charge in [0.2, 0.25) is 10.0 Å². The zero-order valence-corrected chi connectivity index (χ0v) is 14.9. The molecular formula is C17H22N4O3S. The normalized spacial score (nSPS) is 14.4. The molecule has 2 N–H and O–H groups in total. The van der Waals surface area contributed by atoms with Crippen molar-refractivity contribution in [2.24, 2.45) is 0 Å². The number of carbonyl (C=O) groups excluding carboxylic acids is 1. The van der Waals surface area contributed by atoms with E-state index in [1.54, 1.807) is 23.9 Å². The summed E-state index contributed by atoms with van der Waals surface area (Å²) in [5.74, 6) is -0.263. The summed E-state index contributed by atoms with van der Waals surface area (Å²) in [4.78, 5) is 12.5. The zero-order chi connectivity index (χ0) is 17.9. The first-order valence-corrected chi connectivity index (χ1v) is 9.82. The van der Waals surface area contributed by atoms with Gasteiger partial charge in [-0.15, -0.1) is 0 Å². The monoisotopic (exact) mass is 362 g/mol. The van der Waals surface area contributed by atoms with Crippen LogP contribution in [-0.2, 0) is 16.6 Å². The van der Waals surface area contributed by atoms with Crippen molar-refractivity contribution in [1.29, 1.82) is 0 Å². The highest BCUT2D eigenvalue weighted by molar-refractivity contribution is 7.89.